The van der Waals surface area contributed by atoms with Crippen LogP contribution < -0.4 is 15.0 Å². The number of carbonyl (C=O) groups excluding carboxylic acids is 1. The van der Waals surface area contributed by atoms with Crippen LogP contribution in [0.2, 0.25) is 0 Å². The van der Waals surface area contributed by atoms with Crippen molar-refractivity contribution < 1.29 is 9.53 Å². The number of para-hydroxylation sites is 2. The Labute approximate surface area is 142 Å². The first-order valence-corrected chi connectivity index (χ1v) is 8.07. The molecule has 3 rings (SSSR count). The lowest BCUT2D eigenvalue weighted by Crippen LogP contribution is -2.18. The molecular formula is C20H22N2O2. The summed E-state index contributed by atoms with van der Waals surface area (Å²) in [7, 11) is 2.05. The van der Waals surface area contributed by atoms with Crippen molar-refractivity contribution >= 4 is 22.9 Å². The molecular weight excluding hydrogens is 300 g/mol. The first kappa shape index (κ1) is 16.1. The Kier molecular flexibility index (Phi) is 4.56. The molecule has 0 radical (unpaired) electrons. The second-order valence-electron chi connectivity index (χ2n) is 6.09. The average molecular weight is 322 g/mol. The molecule has 1 heterocycles. The molecule has 0 unspecified atom stereocenters. The molecule has 0 atom stereocenters. The van der Waals surface area contributed by atoms with E-state index < -0.39 is 0 Å². The van der Waals surface area contributed by atoms with E-state index in [-0.39, 0.29) is 5.91 Å². The molecule has 124 valence electrons. The molecule has 2 aromatic rings. The van der Waals surface area contributed by atoms with Crippen molar-refractivity contribution in [3.63, 3.8) is 0 Å². The fraction of sp³-hybridized carbons (Fsp3) is 0.250. The van der Waals surface area contributed by atoms with Crippen molar-refractivity contribution in [3.05, 3.63) is 60.2 Å². The van der Waals surface area contributed by atoms with Crippen LogP contribution in [-0.2, 0) is 11.3 Å². The molecule has 0 spiro atoms. The van der Waals surface area contributed by atoms with Crippen LogP contribution in [-0.4, -0.2) is 19.6 Å². The molecule has 1 aliphatic heterocycles. The van der Waals surface area contributed by atoms with E-state index in [1.54, 1.807) is 0 Å². The maximum absolute atomic E-state index is 11.7. The molecule has 1 aliphatic rings. The number of hydrogen-bond donors (Lipinski definition) is 1. The zero-order valence-electron chi connectivity index (χ0n) is 14.1. The van der Waals surface area contributed by atoms with E-state index in [1.165, 1.54) is 0 Å². The van der Waals surface area contributed by atoms with Crippen LogP contribution in [0.3, 0.4) is 0 Å². The highest BCUT2D eigenvalue weighted by molar-refractivity contribution is 5.93. The van der Waals surface area contributed by atoms with Crippen LogP contribution in [0.5, 0.6) is 5.75 Å². The van der Waals surface area contributed by atoms with Gasteiger partial charge in [0.05, 0.1) is 18.7 Å². The lowest BCUT2D eigenvalue weighted by Gasteiger charge is -2.24. The fourth-order valence-electron chi connectivity index (χ4n) is 2.94. The summed E-state index contributed by atoms with van der Waals surface area (Å²) < 4.78 is 5.84. The van der Waals surface area contributed by atoms with Gasteiger partial charge in [-0.2, -0.15) is 0 Å². The van der Waals surface area contributed by atoms with Gasteiger partial charge in [-0.3, -0.25) is 4.79 Å². The number of amides is 1. The van der Waals surface area contributed by atoms with E-state index >= 15 is 0 Å². The molecule has 0 aromatic heterocycles. The third-order valence-corrected chi connectivity index (χ3v) is 4.13. The van der Waals surface area contributed by atoms with E-state index in [9.17, 15) is 4.79 Å². The Bertz CT molecular complexity index is 783. The first-order chi connectivity index (χ1) is 11.6. The van der Waals surface area contributed by atoms with Crippen LogP contribution in [0.15, 0.2) is 49.0 Å². The van der Waals surface area contributed by atoms with E-state index in [0.29, 0.717) is 19.6 Å². The number of ether oxygens (including phenoxy) is 1. The normalized spacial score (nSPS) is 13.3. The van der Waals surface area contributed by atoms with E-state index in [4.69, 9.17) is 4.74 Å². The minimum absolute atomic E-state index is 0.00752. The van der Waals surface area contributed by atoms with Crippen molar-refractivity contribution in [1.29, 1.82) is 0 Å². The largest absolute Gasteiger partial charge is 0.491 e. The van der Waals surface area contributed by atoms with Crippen molar-refractivity contribution in [1.82, 2.24) is 0 Å². The summed E-state index contributed by atoms with van der Waals surface area (Å²) in [6.45, 7) is 7.17. The minimum atomic E-state index is -0.00752. The van der Waals surface area contributed by atoms with Crippen LogP contribution >= 0.6 is 0 Å². The van der Waals surface area contributed by atoms with Gasteiger partial charge in [0.2, 0.25) is 5.91 Å². The van der Waals surface area contributed by atoms with E-state index in [1.807, 2.05) is 37.3 Å². The molecule has 4 nitrogen and oxygen atoms in total. The highest BCUT2D eigenvalue weighted by Crippen LogP contribution is 2.33. The molecule has 0 saturated carbocycles. The van der Waals surface area contributed by atoms with Gasteiger partial charge in [-0.05, 0) is 24.6 Å². The molecule has 4 heteroatoms. The Hall–Kier alpha value is -2.75. The molecule has 0 saturated heterocycles. The summed E-state index contributed by atoms with van der Waals surface area (Å²) in [5, 5.41) is 2.91. The SMILES string of the molecule is C=C(C)c1ccccc1N(C)Cc1cccc2c1OCCC(=O)N2. The third-order valence-electron chi connectivity index (χ3n) is 4.13. The monoisotopic (exact) mass is 322 g/mol. The number of anilines is 2. The quantitative estimate of drug-likeness (QED) is 0.922. The summed E-state index contributed by atoms with van der Waals surface area (Å²) in [5.41, 5.74) is 5.09. The highest BCUT2D eigenvalue weighted by atomic mass is 16.5. The number of carbonyl (C=O) groups is 1. The zero-order valence-corrected chi connectivity index (χ0v) is 14.1. The van der Waals surface area contributed by atoms with Gasteiger partial charge >= 0.3 is 0 Å². The van der Waals surface area contributed by atoms with Gasteiger partial charge in [0.25, 0.3) is 0 Å². The van der Waals surface area contributed by atoms with Gasteiger partial charge in [-0.15, -0.1) is 0 Å². The Balaban J connectivity index is 1.91. The van der Waals surface area contributed by atoms with Gasteiger partial charge < -0.3 is 15.0 Å². The predicted octanol–water partition coefficient (Wildman–Crippen LogP) is 4.08. The molecule has 0 fully saturated rings. The molecule has 2 aromatic carbocycles. The molecule has 1 N–H and O–H groups in total. The number of hydrogen-bond acceptors (Lipinski definition) is 3. The predicted molar refractivity (Wildman–Crippen MR) is 98.4 cm³/mol. The summed E-state index contributed by atoms with van der Waals surface area (Å²) in [5.74, 6) is 0.759. The first-order valence-electron chi connectivity index (χ1n) is 8.07. The van der Waals surface area contributed by atoms with E-state index in [0.717, 1.165) is 33.8 Å². The summed E-state index contributed by atoms with van der Waals surface area (Å²) in [6, 6.07) is 14.1. The van der Waals surface area contributed by atoms with Crippen LogP contribution in [0.1, 0.15) is 24.5 Å². The number of rotatable bonds is 4. The number of nitrogens with zero attached hydrogens (tertiary/aromatic N) is 1. The minimum Gasteiger partial charge on any atom is -0.491 e. The van der Waals surface area contributed by atoms with Crippen LogP contribution in [0.25, 0.3) is 5.57 Å². The van der Waals surface area contributed by atoms with Gasteiger partial charge in [0.15, 0.2) is 0 Å². The number of nitrogens with one attached hydrogen (secondary N) is 1. The second-order valence-corrected chi connectivity index (χ2v) is 6.09. The molecule has 24 heavy (non-hydrogen) atoms. The Morgan fingerprint density at radius 1 is 1.25 bits per heavy atom. The number of allylic oxidation sites excluding steroid dienone is 1. The topological polar surface area (TPSA) is 41.6 Å². The summed E-state index contributed by atoms with van der Waals surface area (Å²) in [6.07, 6.45) is 0.377. The number of benzene rings is 2. The van der Waals surface area contributed by atoms with Crippen molar-refractivity contribution in [2.45, 2.75) is 19.9 Å². The third kappa shape index (κ3) is 3.27. The molecule has 1 amide bonds. The maximum atomic E-state index is 11.7. The van der Waals surface area contributed by atoms with Gasteiger partial charge in [-0.25, -0.2) is 0 Å². The standard InChI is InChI=1S/C20H22N2O2/c1-14(2)16-8-4-5-10-18(16)22(3)13-15-7-6-9-17-20(15)24-12-11-19(23)21-17/h4-10H,1,11-13H2,2-3H3,(H,21,23). The van der Waals surface area contributed by atoms with Crippen molar-refractivity contribution in [3.8, 4) is 5.75 Å². The second kappa shape index (κ2) is 6.79. The lowest BCUT2D eigenvalue weighted by molar-refractivity contribution is -0.116. The molecule has 0 bridgehead atoms. The van der Waals surface area contributed by atoms with Crippen molar-refractivity contribution in [2.24, 2.45) is 0 Å². The zero-order chi connectivity index (χ0) is 17.1. The van der Waals surface area contributed by atoms with Gasteiger partial charge in [0.1, 0.15) is 5.75 Å². The van der Waals surface area contributed by atoms with Crippen LogP contribution in [0, 0.1) is 0 Å². The Morgan fingerprint density at radius 3 is 2.83 bits per heavy atom. The van der Waals surface area contributed by atoms with Crippen molar-refractivity contribution in [2.75, 3.05) is 23.9 Å². The van der Waals surface area contributed by atoms with Crippen LogP contribution in [0.4, 0.5) is 11.4 Å². The smallest absolute Gasteiger partial charge is 0.227 e. The summed E-state index contributed by atoms with van der Waals surface area (Å²) in [4.78, 5) is 13.9. The fourth-order valence-corrected chi connectivity index (χ4v) is 2.94. The van der Waals surface area contributed by atoms with Gasteiger partial charge in [-0.1, -0.05) is 36.9 Å². The van der Waals surface area contributed by atoms with Gasteiger partial charge in [0, 0.05) is 30.4 Å². The number of fused-ring (bicyclic) bond motifs is 1. The summed E-state index contributed by atoms with van der Waals surface area (Å²) >= 11 is 0. The molecule has 0 aliphatic carbocycles. The Morgan fingerprint density at radius 2 is 2.04 bits per heavy atom. The lowest BCUT2D eigenvalue weighted by atomic mass is 10.1. The highest BCUT2D eigenvalue weighted by Gasteiger charge is 2.18. The maximum Gasteiger partial charge on any atom is 0.227 e. The average Bonchev–Trinajstić information content (AvgIpc) is 2.76. The van der Waals surface area contributed by atoms with E-state index in [2.05, 4.69) is 36.0 Å².